The van der Waals surface area contributed by atoms with E-state index in [1.165, 1.54) is 43.5 Å². The molecule has 2 N–H and O–H groups in total. The van der Waals surface area contributed by atoms with Crippen molar-refractivity contribution in [3.05, 3.63) is 77.9 Å². The van der Waals surface area contributed by atoms with Crippen LogP contribution in [0.3, 0.4) is 0 Å². The normalized spacial score (nSPS) is 11.2. The molecule has 174 valence electrons. The molecule has 0 aliphatic carbocycles. The molecule has 0 atom stereocenters. The van der Waals surface area contributed by atoms with Crippen LogP contribution >= 0.6 is 0 Å². The summed E-state index contributed by atoms with van der Waals surface area (Å²) in [4.78, 5) is 12.0. The first kappa shape index (κ1) is 23.9. The zero-order valence-corrected chi connectivity index (χ0v) is 17.6. The summed E-state index contributed by atoms with van der Waals surface area (Å²) in [7, 11) is -2.92. The van der Waals surface area contributed by atoms with E-state index in [-0.39, 0.29) is 28.4 Å². The van der Waals surface area contributed by atoms with Crippen LogP contribution in [0.4, 0.5) is 28.9 Å². The molecule has 3 aromatic rings. The van der Waals surface area contributed by atoms with E-state index < -0.39 is 39.1 Å². The zero-order valence-electron chi connectivity index (χ0n) is 16.8. The van der Waals surface area contributed by atoms with Crippen molar-refractivity contribution in [2.24, 2.45) is 0 Å². The topological polar surface area (TPSA) is 93.7 Å². The van der Waals surface area contributed by atoms with Gasteiger partial charge in [0.1, 0.15) is 0 Å². The fraction of sp³-hybridized carbons (Fsp3) is 0.0952. The van der Waals surface area contributed by atoms with Gasteiger partial charge >= 0.3 is 6.61 Å². The maximum absolute atomic E-state index is 13.3. The van der Waals surface area contributed by atoms with Gasteiger partial charge in [0.2, 0.25) is 0 Å². The van der Waals surface area contributed by atoms with Gasteiger partial charge in [0.25, 0.3) is 15.9 Å². The van der Waals surface area contributed by atoms with Crippen molar-refractivity contribution < 1.29 is 40.2 Å². The first-order valence-electron chi connectivity index (χ1n) is 9.11. The van der Waals surface area contributed by atoms with E-state index in [9.17, 15) is 30.8 Å². The molecule has 0 aliphatic rings. The minimum Gasteiger partial charge on any atom is -0.493 e. The number of hydrogen-bond acceptors (Lipinski definition) is 5. The van der Waals surface area contributed by atoms with E-state index in [1.807, 2.05) is 0 Å². The largest absolute Gasteiger partial charge is 0.493 e. The van der Waals surface area contributed by atoms with Crippen LogP contribution in [0, 0.1) is 11.6 Å². The number of halogens is 4. The smallest absolute Gasteiger partial charge is 0.387 e. The molecule has 0 fully saturated rings. The summed E-state index contributed by atoms with van der Waals surface area (Å²) in [5, 5.41) is 2.52. The Labute approximate surface area is 186 Å². The van der Waals surface area contributed by atoms with Crippen molar-refractivity contribution in [3.63, 3.8) is 0 Å². The van der Waals surface area contributed by atoms with Crippen LogP contribution in [-0.4, -0.2) is 28.0 Å². The van der Waals surface area contributed by atoms with Crippen LogP contribution in [0.2, 0.25) is 0 Å². The number of alkyl halides is 2. The summed E-state index contributed by atoms with van der Waals surface area (Å²) in [6, 6.07) is 11.3. The summed E-state index contributed by atoms with van der Waals surface area (Å²) in [5.41, 5.74) is 0.368. The Bertz CT molecular complexity index is 1270. The Kier molecular flexibility index (Phi) is 7.07. The molecule has 0 bridgehead atoms. The third-order valence-electron chi connectivity index (χ3n) is 4.24. The van der Waals surface area contributed by atoms with E-state index in [1.54, 1.807) is 0 Å². The van der Waals surface area contributed by atoms with Crippen molar-refractivity contribution in [1.82, 2.24) is 0 Å². The molecule has 33 heavy (non-hydrogen) atoms. The lowest BCUT2D eigenvalue weighted by molar-refractivity contribution is -0.0512. The van der Waals surface area contributed by atoms with Gasteiger partial charge < -0.3 is 14.8 Å². The van der Waals surface area contributed by atoms with Crippen LogP contribution in [0.25, 0.3) is 0 Å². The van der Waals surface area contributed by atoms with Gasteiger partial charge in [-0.25, -0.2) is 17.2 Å². The molecule has 0 saturated heterocycles. The summed E-state index contributed by atoms with van der Waals surface area (Å²) in [6.07, 6.45) is 0. The van der Waals surface area contributed by atoms with Crippen molar-refractivity contribution >= 4 is 27.3 Å². The average molecular weight is 484 g/mol. The number of sulfonamides is 1. The van der Waals surface area contributed by atoms with Crippen LogP contribution < -0.4 is 19.5 Å². The Morgan fingerprint density at radius 1 is 0.879 bits per heavy atom. The molecule has 0 spiro atoms. The molecule has 3 aromatic carbocycles. The Balaban J connectivity index is 1.71. The monoisotopic (exact) mass is 484 g/mol. The number of benzene rings is 3. The second-order valence-electron chi connectivity index (χ2n) is 6.46. The number of anilines is 2. The zero-order chi connectivity index (χ0) is 24.2. The SMILES string of the molecule is COc1ccc(C(=O)Nc2ccc(NS(=O)(=O)c3ccc(F)c(F)c3)cc2)cc1OC(F)F. The highest BCUT2D eigenvalue weighted by Gasteiger charge is 2.17. The number of rotatable bonds is 8. The third kappa shape index (κ3) is 5.92. The number of methoxy groups -OCH3 is 1. The van der Waals surface area contributed by atoms with Crippen molar-refractivity contribution in [2.75, 3.05) is 17.1 Å². The van der Waals surface area contributed by atoms with Crippen LogP contribution in [0.1, 0.15) is 10.4 Å². The quantitative estimate of drug-likeness (QED) is 0.455. The molecule has 0 radical (unpaired) electrons. The van der Waals surface area contributed by atoms with Gasteiger partial charge in [-0.3, -0.25) is 9.52 Å². The van der Waals surface area contributed by atoms with E-state index in [2.05, 4.69) is 14.8 Å². The lowest BCUT2D eigenvalue weighted by Crippen LogP contribution is -2.14. The summed E-state index contributed by atoms with van der Waals surface area (Å²) >= 11 is 0. The van der Waals surface area contributed by atoms with Crippen molar-refractivity contribution in [3.8, 4) is 11.5 Å². The third-order valence-corrected chi connectivity index (χ3v) is 5.62. The molecule has 12 heteroatoms. The highest BCUT2D eigenvalue weighted by Crippen LogP contribution is 2.30. The lowest BCUT2D eigenvalue weighted by atomic mass is 10.2. The van der Waals surface area contributed by atoms with E-state index >= 15 is 0 Å². The number of carbonyl (C=O) groups is 1. The van der Waals surface area contributed by atoms with Crippen molar-refractivity contribution in [2.45, 2.75) is 11.5 Å². The van der Waals surface area contributed by atoms with Crippen LogP contribution in [0.15, 0.2) is 65.6 Å². The predicted molar refractivity (Wildman–Crippen MR) is 111 cm³/mol. The predicted octanol–water partition coefficient (Wildman–Crippen LogP) is 4.63. The van der Waals surface area contributed by atoms with Gasteiger partial charge in [0.15, 0.2) is 23.1 Å². The second kappa shape index (κ2) is 9.77. The number of nitrogens with one attached hydrogen (secondary N) is 2. The molecule has 0 heterocycles. The van der Waals surface area contributed by atoms with E-state index in [4.69, 9.17) is 4.74 Å². The summed E-state index contributed by atoms with van der Waals surface area (Å²) < 4.78 is 87.6. The molecule has 3 rings (SSSR count). The maximum Gasteiger partial charge on any atom is 0.387 e. The molecule has 0 saturated carbocycles. The molecular weight excluding hydrogens is 468 g/mol. The van der Waals surface area contributed by atoms with Gasteiger partial charge in [-0.1, -0.05) is 0 Å². The Morgan fingerprint density at radius 3 is 2.15 bits per heavy atom. The van der Waals surface area contributed by atoms with Gasteiger partial charge in [-0.2, -0.15) is 8.78 Å². The fourth-order valence-corrected chi connectivity index (χ4v) is 3.76. The van der Waals surface area contributed by atoms with Gasteiger partial charge in [-0.05, 0) is 60.7 Å². The Morgan fingerprint density at radius 2 is 1.55 bits per heavy atom. The average Bonchev–Trinajstić information content (AvgIpc) is 2.76. The van der Waals surface area contributed by atoms with Crippen LogP contribution in [-0.2, 0) is 10.0 Å². The highest BCUT2D eigenvalue weighted by atomic mass is 32.2. The summed E-state index contributed by atoms with van der Waals surface area (Å²) in [5.74, 6) is -3.44. The van der Waals surface area contributed by atoms with Gasteiger partial charge in [-0.15, -0.1) is 0 Å². The minimum absolute atomic E-state index is 0.00886. The summed E-state index contributed by atoms with van der Waals surface area (Å²) in [6.45, 7) is -3.11. The molecule has 0 unspecified atom stereocenters. The Hall–Kier alpha value is -3.80. The fourth-order valence-electron chi connectivity index (χ4n) is 2.69. The minimum atomic E-state index is -4.18. The van der Waals surface area contributed by atoms with Crippen LogP contribution in [0.5, 0.6) is 11.5 Å². The van der Waals surface area contributed by atoms with Crippen molar-refractivity contribution in [1.29, 1.82) is 0 Å². The number of carbonyl (C=O) groups excluding carboxylic acids is 1. The van der Waals surface area contributed by atoms with E-state index in [0.717, 1.165) is 12.1 Å². The van der Waals surface area contributed by atoms with Gasteiger partial charge in [0.05, 0.1) is 12.0 Å². The second-order valence-corrected chi connectivity index (χ2v) is 8.14. The first-order chi connectivity index (χ1) is 15.6. The number of ether oxygens (including phenoxy) is 2. The number of hydrogen-bond donors (Lipinski definition) is 2. The highest BCUT2D eigenvalue weighted by molar-refractivity contribution is 7.92. The molecule has 0 aromatic heterocycles. The number of amides is 1. The standard InChI is InChI=1S/C21H16F4N2O5S/c1-31-18-9-2-12(10-19(18)32-21(24)25)20(28)26-13-3-5-14(6-4-13)27-33(29,30)15-7-8-16(22)17(23)11-15/h2-11,21,27H,1H3,(H,26,28). The maximum atomic E-state index is 13.3. The molecule has 7 nitrogen and oxygen atoms in total. The van der Waals surface area contributed by atoms with E-state index in [0.29, 0.717) is 12.1 Å². The van der Waals surface area contributed by atoms with Gasteiger partial charge in [0, 0.05) is 16.9 Å². The lowest BCUT2D eigenvalue weighted by Gasteiger charge is -2.12. The molecular formula is C21H16F4N2O5S. The first-order valence-corrected chi connectivity index (χ1v) is 10.6. The molecule has 0 aliphatic heterocycles. The molecule has 1 amide bonds.